The summed E-state index contributed by atoms with van der Waals surface area (Å²) in [5.74, 6) is -2.19. The van der Waals surface area contributed by atoms with Gasteiger partial charge in [0.05, 0.1) is 6.20 Å². The predicted octanol–water partition coefficient (Wildman–Crippen LogP) is -0.137. The molecule has 0 bridgehead atoms. The molecule has 5 rings (SSSR count). The van der Waals surface area contributed by atoms with E-state index in [0.29, 0.717) is 17.0 Å². The lowest BCUT2D eigenvalue weighted by Crippen LogP contribution is -2.71. The minimum absolute atomic E-state index is 0.123. The van der Waals surface area contributed by atoms with Gasteiger partial charge in [-0.05, 0) is 6.07 Å². The standard InChI is InChI=1S/C22H20N8O6S2/c1-36-27-15(13-10-38-22(23)25-13)18(31)26-16-19(32)30-17(21(33)34)11(9-37-20(16)30)7-28-8-12(6-24-35)29-5-3-2-4-14(28)29/h2-6,8,10,16,20H,7,9H2,1H3,(H4-,23,25,26,31,33,34,35)/p+1/b24-6+,27-15-/t16-,20-/m1/s1. The molecular formula is C22H21N8O6S2+. The number of imidazole rings is 1. The van der Waals surface area contributed by atoms with Crippen molar-refractivity contribution in [3.63, 3.8) is 0 Å². The van der Waals surface area contributed by atoms with Gasteiger partial charge < -0.3 is 26.2 Å². The number of amides is 2. The second-order valence-electron chi connectivity index (χ2n) is 8.17. The van der Waals surface area contributed by atoms with Gasteiger partial charge in [-0.3, -0.25) is 14.5 Å². The van der Waals surface area contributed by atoms with Gasteiger partial charge in [0.1, 0.15) is 48.9 Å². The normalized spacial score (nSPS) is 19.6. The van der Waals surface area contributed by atoms with Gasteiger partial charge in [0.2, 0.25) is 0 Å². The molecular weight excluding hydrogens is 536 g/mol. The lowest BCUT2D eigenvalue weighted by molar-refractivity contribution is -0.511. The maximum absolute atomic E-state index is 13.1. The van der Waals surface area contributed by atoms with Gasteiger partial charge in [-0.25, -0.2) is 14.3 Å². The summed E-state index contributed by atoms with van der Waals surface area (Å²) < 4.78 is 3.60. The van der Waals surface area contributed by atoms with Crippen LogP contribution in [0.5, 0.6) is 0 Å². The molecule has 0 spiro atoms. The Bertz CT molecular complexity index is 1540. The number of pyridine rings is 1. The van der Waals surface area contributed by atoms with Crippen molar-refractivity contribution >= 4 is 63.6 Å². The summed E-state index contributed by atoms with van der Waals surface area (Å²) in [6.45, 7) is 0.185. The van der Waals surface area contributed by atoms with Gasteiger partial charge in [-0.1, -0.05) is 16.4 Å². The summed E-state index contributed by atoms with van der Waals surface area (Å²) in [5, 5.41) is 29.6. The summed E-state index contributed by atoms with van der Waals surface area (Å²) in [4.78, 5) is 48.3. The Morgan fingerprint density at radius 1 is 1.42 bits per heavy atom. The second kappa shape index (κ2) is 10.1. The lowest BCUT2D eigenvalue weighted by atomic mass is 10.0. The lowest BCUT2D eigenvalue weighted by Gasteiger charge is -2.49. The fraction of sp³-hybridized carbons (Fsp3) is 0.227. The average molecular weight is 558 g/mol. The third-order valence-electron chi connectivity index (χ3n) is 5.95. The number of carboxylic acid groups (broad SMARTS) is 1. The van der Waals surface area contributed by atoms with Crippen LogP contribution in [0.15, 0.2) is 57.6 Å². The Balaban J connectivity index is 1.40. The number of oxime groups is 2. The second-order valence-corrected chi connectivity index (χ2v) is 10.2. The van der Waals surface area contributed by atoms with Crippen LogP contribution in [-0.4, -0.2) is 78.8 Å². The van der Waals surface area contributed by atoms with Crippen LogP contribution < -0.4 is 15.5 Å². The van der Waals surface area contributed by atoms with Crippen LogP contribution in [0.25, 0.3) is 5.65 Å². The predicted molar refractivity (Wildman–Crippen MR) is 137 cm³/mol. The van der Waals surface area contributed by atoms with E-state index < -0.39 is 29.2 Å². The summed E-state index contributed by atoms with van der Waals surface area (Å²) in [5.41, 5.74) is 7.41. The molecule has 2 amide bonds. The van der Waals surface area contributed by atoms with Gasteiger partial charge in [-0.15, -0.1) is 23.1 Å². The van der Waals surface area contributed by atoms with Crippen molar-refractivity contribution < 1.29 is 33.9 Å². The Kier molecular flexibility index (Phi) is 6.73. The van der Waals surface area contributed by atoms with E-state index in [9.17, 15) is 19.5 Å². The first-order chi connectivity index (χ1) is 18.3. The Morgan fingerprint density at radius 3 is 2.92 bits per heavy atom. The number of fused-ring (bicyclic) bond motifs is 2. The third kappa shape index (κ3) is 4.32. The van der Waals surface area contributed by atoms with Gasteiger partial charge >= 0.3 is 5.97 Å². The van der Waals surface area contributed by atoms with Crippen molar-refractivity contribution in [2.24, 2.45) is 10.3 Å². The molecule has 2 atom stereocenters. The SMILES string of the molecule is CO/N=C(\C(=O)N[C@@H]1C(=O)N2C(C(=O)O)=C(Cn3cc(/C=N/O)[n+]4ccccc34)CS[C@H]12)c1csc(N)n1. The monoisotopic (exact) mass is 557 g/mol. The number of nitrogens with zero attached hydrogens (tertiary/aromatic N) is 6. The average Bonchev–Trinajstić information content (AvgIpc) is 3.49. The molecule has 0 unspecified atom stereocenters. The molecule has 5 heterocycles. The van der Waals surface area contributed by atoms with Crippen LogP contribution >= 0.6 is 23.1 Å². The number of aliphatic carboxylic acids is 1. The minimum Gasteiger partial charge on any atom is -0.477 e. The first kappa shape index (κ1) is 25.2. The summed E-state index contributed by atoms with van der Waals surface area (Å²) in [6, 6.07) is 4.52. The molecule has 5 N–H and O–H groups in total. The highest BCUT2D eigenvalue weighted by atomic mass is 32.2. The third-order valence-corrected chi connectivity index (χ3v) is 7.96. The van der Waals surface area contributed by atoms with E-state index in [1.807, 2.05) is 22.8 Å². The molecule has 1 fully saturated rings. The smallest absolute Gasteiger partial charge is 0.352 e. The zero-order chi connectivity index (χ0) is 27.0. The highest BCUT2D eigenvalue weighted by Crippen LogP contribution is 2.40. The number of carbonyl (C=O) groups is 3. The van der Waals surface area contributed by atoms with Crippen molar-refractivity contribution in [1.82, 2.24) is 19.8 Å². The Hall–Kier alpha value is -4.44. The van der Waals surface area contributed by atoms with Gasteiger partial charge in [0.25, 0.3) is 17.5 Å². The van der Waals surface area contributed by atoms with E-state index in [0.717, 1.165) is 17.0 Å². The number of hydrogen-bond acceptors (Lipinski definition) is 11. The minimum atomic E-state index is -1.25. The highest BCUT2D eigenvalue weighted by Gasteiger charge is 2.54. The van der Waals surface area contributed by atoms with E-state index in [-0.39, 0.29) is 28.8 Å². The van der Waals surface area contributed by atoms with Crippen molar-refractivity contribution in [3.8, 4) is 0 Å². The van der Waals surface area contributed by atoms with Crippen molar-refractivity contribution in [2.75, 3.05) is 18.6 Å². The first-order valence-corrected chi connectivity index (χ1v) is 13.0. The molecule has 16 heteroatoms. The van der Waals surface area contributed by atoms with Crippen LogP contribution in [0.2, 0.25) is 0 Å². The number of nitrogens with one attached hydrogen (secondary N) is 1. The fourth-order valence-electron chi connectivity index (χ4n) is 4.37. The van der Waals surface area contributed by atoms with Crippen LogP contribution in [0, 0.1) is 0 Å². The van der Waals surface area contributed by atoms with E-state index in [2.05, 4.69) is 20.6 Å². The maximum Gasteiger partial charge on any atom is 0.352 e. The fourth-order valence-corrected chi connectivity index (χ4v) is 6.25. The molecule has 0 saturated carbocycles. The molecule has 0 radical (unpaired) electrons. The summed E-state index contributed by atoms with van der Waals surface area (Å²) in [6.07, 6.45) is 4.78. The van der Waals surface area contributed by atoms with Crippen molar-refractivity contribution in [1.29, 1.82) is 0 Å². The van der Waals surface area contributed by atoms with Crippen molar-refractivity contribution in [2.45, 2.75) is 18.0 Å². The van der Waals surface area contributed by atoms with Gasteiger partial charge in [0, 0.05) is 22.8 Å². The number of anilines is 1. The topological polar surface area (TPSA) is 189 Å². The highest BCUT2D eigenvalue weighted by molar-refractivity contribution is 8.00. The van der Waals surface area contributed by atoms with Crippen LogP contribution in [0.4, 0.5) is 5.13 Å². The van der Waals surface area contributed by atoms with Gasteiger partial charge in [0.15, 0.2) is 16.5 Å². The largest absolute Gasteiger partial charge is 0.477 e. The number of aromatic nitrogens is 3. The molecule has 2 aliphatic rings. The number of nitrogens with two attached hydrogens (primary N) is 1. The van der Waals surface area contributed by atoms with E-state index in [1.54, 1.807) is 16.8 Å². The molecule has 2 aliphatic heterocycles. The molecule has 1 saturated heterocycles. The molecule has 14 nitrogen and oxygen atoms in total. The molecule has 196 valence electrons. The maximum atomic E-state index is 13.1. The number of β-lactam (4-membered cyclic amide) rings is 1. The number of nitrogen functional groups attached to an aromatic ring is 1. The van der Waals surface area contributed by atoms with Gasteiger partial charge in [-0.2, -0.15) is 4.40 Å². The van der Waals surface area contributed by atoms with Crippen LogP contribution in [0.3, 0.4) is 0 Å². The summed E-state index contributed by atoms with van der Waals surface area (Å²) in [7, 11) is 1.27. The number of rotatable bonds is 8. The number of thioether (sulfide) groups is 1. The molecule has 0 aliphatic carbocycles. The Labute approximate surface area is 222 Å². The summed E-state index contributed by atoms with van der Waals surface area (Å²) >= 11 is 2.46. The molecule has 38 heavy (non-hydrogen) atoms. The van der Waals surface area contributed by atoms with Crippen molar-refractivity contribution in [3.05, 3.63) is 58.6 Å². The van der Waals surface area contributed by atoms with E-state index in [4.69, 9.17) is 15.8 Å². The van der Waals surface area contributed by atoms with Crippen LogP contribution in [-0.2, 0) is 25.8 Å². The first-order valence-electron chi connectivity index (χ1n) is 11.0. The molecule has 3 aromatic rings. The molecule has 0 aromatic carbocycles. The van der Waals surface area contributed by atoms with E-state index in [1.165, 1.54) is 35.4 Å². The number of carbonyl (C=O) groups excluding carboxylic acids is 2. The number of carboxylic acids is 1. The molecule has 3 aromatic heterocycles. The number of thiazole rings is 1. The quantitative estimate of drug-likeness (QED) is 0.0961. The zero-order valence-corrected chi connectivity index (χ0v) is 21.3. The zero-order valence-electron chi connectivity index (χ0n) is 19.7. The Morgan fingerprint density at radius 2 is 2.24 bits per heavy atom. The van der Waals surface area contributed by atoms with E-state index >= 15 is 0 Å². The van der Waals surface area contributed by atoms with Crippen LogP contribution in [0.1, 0.15) is 11.4 Å². The number of hydrogen-bond donors (Lipinski definition) is 4.